The summed E-state index contributed by atoms with van der Waals surface area (Å²) in [6.45, 7) is 0. The number of para-hydroxylation sites is 2. The van der Waals surface area contributed by atoms with Crippen molar-refractivity contribution in [1.29, 1.82) is 0 Å². The summed E-state index contributed by atoms with van der Waals surface area (Å²) in [5.74, 6) is 1.59. The van der Waals surface area contributed by atoms with E-state index in [1.54, 1.807) is 0 Å². The SMILES string of the molecule is ON[S+]1c2ccccc2Oc2ccccc21. The van der Waals surface area contributed by atoms with Crippen molar-refractivity contribution in [2.45, 2.75) is 9.79 Å². The third kappa shape index (κ3) is 1.39. The van der Waals surface area contributed by atoms with Crippen LogP contribution in [0, 0.1) is 0 Å². The average Bonchev–Trinajstić information content (AvgIpc) is 2.36. The van der Waals surface area contributed by atoms with Gasteiger partial charge in [-0.25, -0.2) is 0 Å². The Labute approximate surface area is 96.1 Å². The van der Waals surface area contributed by atoms with E-state index >= 15 is 0 Å². The molecule has 0 aliphatic carbocycles. The smallest absolute Gasteiger partial charge is 0.226 e. The molecular formula is C12H10NO2S+. The van der Waals surface area contributed by atoms with Crippen LogP contribution in [0.4, 0.5) is 0 Å². The Kier molecular flexibility index (Phi) is 2.32. The third-order valence-electron chi connectivity index (χ3n) is 2.45. The Morgan fingerprint density at radius 1 is 0.875 bits per heavy atom. The second kappa shape index (κ2) is 3.83. The molecule has 0 bridgehead atoms. The summed E-state index contributed by atoms with van der Waals surface area (Å²) >= 11 is -0.521. The van der Waals surface area contributed by atoms with Crippen LogP contribution in [0.3, 0.4) is 0 Å². The summed E-state index contributed by atoms with van der Waals surface area (Å²) in [7, 11) is 0. The Morgan fingerprint density at radius 3 is 1.88 bits per heavy atom. The second-order valence-corrected chi connectivity index (χ2v) is 5.07. The van der Waals surface area contributed by atoms with Gasteiger partial charge in [0.25, 0.3) is 0 Å². The fourth-order valence-corrected chi connectivity index (χ4v) is 3.23. The Bertz CT molecular complexity index is 484. The molecule has 2 aromatic rings. The number of nitrogens with one attached hydrogen (secondary N) is 1. The lowest BCUT2D eigenvalue weighted by Crippen LogP contribution is -2.24. The third-order valence-corrected chi connectivity index (χ3v) is 4.19. The van der Waals surface area contributed by atoms with E-state index < -0.39 is 11.1 Å². The number of fused-ring (bicyclic) bond motifs is 2. The van der Waals surface area contributed by atoms with Crippen LogP contribution in [0.2, 0.25) is 0 Å². The molecule has 1 aliphatic rings. The highest BCUT2D eigenvalue weighted by atomic mass is 32.2. The van der Waals surface area contributed by atoms with Gasteiger partial charge >= 0.3 is 0 Å². The van der Waals surface area contributed by atoms with E-state index in [0.29, 0.717) is 0 Å². The van der Waals surface area contributed by atoms with Gasteiger partial charge in [-0.1, -0.05) is 24.3 Å². The van der Waals surface area contributed by atoms with Gasteiger partial charge in [0, 0.05) is 0 Å². The van der Waals surface area contributed by atoms with Crippen LogP contribution in [0.5, 0.6) is 11.5 Å². The first-order valence-electron chi connectivity index (χ1n) is 4.90. The lowest BCUT2D eigenvalue weighted by Gasteiger charge is -2.17. The van der Waals surface area contributed by atoms with Gasteiger partial charge in [-0.05, 0) is 29.2 Å². The number of rotatable bonds is 1. The fourth-order valence-electron chi connectivity index (χ4n) is 1.74. The van der Waals surface area contributed by atoms with Crippen molar-refractivity contribution in [2.75, 3.05) is 0 Å². The highest BCUT2D eigenvalue weighted by Gasteiger charge is 2.37. The van der Waals surface area contributed by atoms with Gasteiger partial charge in [-0.2, -0.15) is 0 Å². The molecule has 2 N–H and O–H groups in total. The van der Waals surface area contributed by atoms with E-state index in [9.17, 15) is 5.21 Å². The zero-order chi connectivity index (χ0) is 11.0. The maximum Gasteiger partial charge on any atom is 0.226 e. The summed E-state index contributed by atoms with van der Waals surface area (Å²) in [6, 6.07) is 15.4. The lowest BCUT2D eigenvalue weighted by molar-refractivity contribution is 0.253. The summed E-state index contributed by atoms with van der Waals surface area (Å²) in [5, 5.41) is 9.29. The molecule has 0 saturated carbocycles. The molecular weight excluding hydrogens is 222 g/mol. The quantitative estimate of drug-likeness (QED) is 0.586. The highest BCUT2D eigenvalue weighted by Crippen LogP contribution is 2.41. The van der Waals surface area contributed by atoms with Crippen molar-refractivity contribution in [3.8, 4) is 11.5 Å². The minimum atomic E-state index is -0.521. The normalized spacial score (nSPS) is 13.8. The minimum absolute atomic E-state index is 0.521. The van der Waals surface area contributed by atoms with Gasteiger partial charge in [0.05, 0.1) is 0 Å². The molecule has 0 amide bonds. The molecule has 1 heterocycles. The first kappa shape index (κ1) is 9.72. The first-order chi connectivity index (χ1) is 7.90. The molecule has 0 spiro atoms. The molecule has 0 radical (unpaired) electrons. The minimum Gasteiger partial charge on any atom is -0.447 e. The van der Waals surface area contributed by atoms with Gasteiger partial charge in [-0.3, -0.25) is 5.21 Å². The van der Waals surface area contributed by atoms with Crippen molar-refractivity contribution in [3.05, 3.63) is 48.5 Å². The fraction of sp³-hybridized carbons (Fsp3) is 0. The number of benzene rings is 2. The standard InChI is InChI=1S/C12H10NO2S/c14-13-16-11-7-3-1-5-9(11)15-10-6-2-4-8-12(10)16/h1-8,13-14H/q+1. The van der Waals surface area contributed by atoms with Crippen molar-refractivity contribution < 1.29 is 9.94 Å². The summed E-state index contributed by atoms with van der Waals surface area (Å²) in [6.07, 6.45) is 0. The Hall–Kier alpha value is -1.49. The van der Waals surface area contributed by atoms with E-state index in [0.717, 1.165) is 21.3 Å². The summed E-state index contributed by atoms with van der Waals surface area (Å²) < 4.78 is 5.77. The molecule has 0 atom stereocenters. The summed E-state index contributed by atoms with van der Waals surface area (Å²) in [5.41, 5.74) is 0. The first-order valence-corrected chi connectivity index (χ1v) is 6.12. The molecule has 0 unspecified atom stereocenters. The van der Waals surface area contributed by atoms with E-state index in [2.05, 4.69) is 4.89 Å². The van der Waals surface area contributed by atoms with Gasteiger partial charge in [-0.15, -0.1) is 0 Å². The van der Waals surface area contributed by atoms with Crippen LogP contribution >= 0.6 is 0 Å². The molecule has 2 aromatic carbocycles. The van der Waals surface area contributed by atoms with Gasteiger partial charge in [0.15, 0.2) is 22.6 Å². The highest BCUT2D eigenvalue weighted by molar-refractivity contribution is 7.95. The topological polar surface area (TPSA) is 41.5 Å². The van der Waals surface area contributed by atoms with E-state index in [1.165, 1.54) is 0 Å². The maximum absolute atomic E-state index is 9.29. The zero-order valence-electron chi connectivity index (χ0n) is 8.38. The van der Waals surface area contributed by atoms with Crippen LogP contribution < -0.4 is 9.62 Å². The zero-order valence-corrected chi connectivity index (χ0v) is 9.20. The molecule has 0 aromatic heterocycles. The van der Waals surface area contributed by atoms with Crippen LogP contribution in [-0.2, 0) is 11.1 Å². The predicted octanol–water partition coefficient (Wildman–Crippen LogP) is 2.72. The molecule has 80 valence electrons. The van der Waals surface area contributed by atoms with Crippen molar-refractivity contribution in [2.24, 2.45) is 0 Å². The Morgan fingerprint density at radius 2 is 1.38 bits per heavy atom. The molecule has 3 nitrogen and oxygen atoms in total. The molecule has 4 heteroatoms. The van der Waals surface area contributed by atoms with Crippen LogP contribution in [0.25, 0.3) is 0 Å². The van der Waals surface area contributed by atoms with Crippen molar-refractivity contribution in [3.63, 3.8) is 0 Å². The van der Waals surface area contributed by atoms with Gasteiger partial charge in [0.1, 0.15) is 0 Å². The second-order valence-electron chi connectivity index (χ2n) is 3.39. The van der Waals surface area contributed by atoms with Gasteiger partial charge in [0.2, 0.25) is 9.79 Å². The number of ether oxygens (including phenoxy) is 1. The van der Waals surface area contributed by atoms with Gasteiger partial charge < -0.3 is 4.74 Å². The van der Waals surface area contributed by atoms with E-state index in [4.69, 9.17) is 4.74 Å². The summed E-state index contributed by atoms with van der Waals surface area (Å²) in [4.78, 5) is 4.32. The molecule has 0 saturated heterocycles. The average molecular weight is 232 g/mol. The van der Waals surface area contributed by atoms with Crippen molar-refractivity contribution in [1.82, 2.24) is 4.89 Å². The van der Waals surface area contributed by atoms with Crippen LogP contribution in [0.15, 0.2) is 58.3 Å². The monoisotopic (exact) mass is 232 g/mol. The maximum atomic E-state index is 9.29. The Balaban J connectivity index is 2.19. The molecule has 3 rings (SSSR count). The van der Waals surface area contributed by atoms with E-state index in [1.807, 2.05) is 48.5 Å². The molecule has 16 heavy (non-hydrogen) atoms. The van der Waals surface area contributed by atoms with Crippen molar-refractivity contribution >= 4 is 11.1 Å². The predicted molar refractivity (Wildman–Crippen MR) is 61.8 cm³/mol. The van der Waals surface area contributed by atoms with E-state index in [-0.39, 0.29) is 0 Å². The number of hydrogen-bond acceptors (Lipinski definition) is 3. The largest absolute Gasteiger partial charge is 0.447 e. The molecule has 0 fully saturated rings. The van der Waals surface area contributed by atoms with Crippen LogP contribution in [-0.4, -0.2) is 5.21 Å². The molecule has 1 aliphatic heterocycles. The lowest BCUT2D eigenvalue weighted by atomic mass is 10.3. The van der Waals surface area contributed by atoms with Crippen LogP contribution in [0.1, 0.15) is 0 Å². The number of hydrogen-bond donors (Lipinski definition) is 2.